The van der Waals surface area contributed by atoms with Crippen LogP contribution in [0.1, 0.15) is 57.0 Å². The molecule has 0 spiro atoms. The molecule has 1 N–H and O–H groups in total. The van der Waals surface area contributed by atoms with E-state index in [9.17, 15) is 0 Å². The van der Waals surface area contributed by atoms with Gasteiger partial charge < -0.3 is 5.32 Å². The Morgan fingerprint density at radius 2 is 2.00 bits per heavy atom. The Hall–Kier alpha value is -1.34. The van der Waals surface area contributed by atoms with E-state index in [1.807, 2.05) is 13.8 Å². The first-order chi connectivity index (χ1) is 9.41. The molecule has 4 nitrogen and oxygen atoms in total. The van der Waals surface area contributed by atoms with Gasteiger partial charge in [-0.1, -0.05) is 13.3 Å². The first kappa shape index (κ1) is 16.7. The Bertz CT molecular complexity index is 466. The second-order valence-corrected chi connectivity index (χ2v) is 6.11. The van der Waals surface area contributed by atoms with Gasteiger partial charge in [0.05, 0.1) is 17.2 Å². The number of rotatable bonds is 8. The molecule has 20 heavy (non-hydrogen) atoms. The molecule has 0 radical (unpaired) electrons. The monoisotopic (exact) mass is 276 g/mol. The number of hydrogen-bond acceptors (Lipinski definition) is 3. The number of hydrogen-bond donors (Lipinski definition) is 1. The van der Waals surface area contributed by atoms with Crippen LogP contribution in [0.15, 0.2) is 0 Å². The first-order valence-electron chi connectivity index (χ1n) is 7.56. The van der Waals surface area contributed by atoms with Crippen molar-refractivity contribution in [2.75, 3.05) is 6.54 Å². The average Bonchev–Trinajstić information content (AvgIpc) is 2.68. The highest BCUT2D eigenvalue weighted by atomic mass is 15.3. The Morgan fingerprint density at radius 1 is 1.30 bits per heavy atom. The molecule has 0 aliphatic rings. The van der Waals surface area contributed by atoms with E-state index in [1.165, 1.54) is 11.3 Å². The van der Waals surface area contributed by atoms with Gasteiger partial charge in [-0.25, -0.2) is 0 Å². The summed E-state index contributed by atoms with van der Waals surface area (Å²) in [5.74, 6) is 0. The summed E-state index contributed by atoms with van der Waals surface area (Å²) < 4.78 is 2.11. The van der Waals surface area contributed by atoms with E-state index < -0.39 is 0 Å². The molecule has 4 heteroatoms. The Labute approximate surface area is 123 Å². The Morgan fingerprint density at radius 3 is 2.60 bits per heavy atom. The van der Waals surface area contributed by atoms with Gasteiger partial charge in [0, 0.05) is 24.3 Å². The van der Waals surface area contributed by atoms with Gasteiger partial charge >= 0.3 is 0 Å². The highest BCUT2D eigenvalue weighted by Crippen LogP contribution is 2.22. The van der Waals surface area contributed by atoms with Crippen molar-refractivity contribution in [2.24, 2.45) is 5.41 Å². The minimum atomic E-state index is -0.203. The molecular formula is C16H28N4. The number of aromatic nitrogens is 2. The molecule has 0 aliphatic carbocycles. The van der Waals surface area contributed by atoms with Crippen molar-refractivity contribution in [1.82, 2.24) is 15.1 Å². The van der Waals surface area contributed by atoms with Crippen molar-refractivity contribution < 1.29 is 0 Å². The quantitative estimate of drug-likeness (QED) is 0.741. The fourth-order valence-electron chi connectivity index (χ4n) is 2.34. The average molecular weight is 276 g/mol. The molecule has 0 fully saturated rings. The van der Waals surface area contributed by atoms with Crippen LogP contribution in [-0.4, -0.2) is 16.3 Å². The molecule has 0 aromatic carbocycles. The molecule has 0 amide bonds. The maximum Gasteiger partial charge on any atom is 0.0683 e. The predicted octanol–water partition coefficient (Wildman–Crippen LogP) is 3.33. The van der Waals surface area contributed by atoms with Crippen LogP contribution in [0.4, 0.5) is 0 Å². The molecular weight excluding hydrogens is 248 g/mol. The second-order valence-electron chi connectivity index (χ2n) is 6.11. The highest BCUT2D eigenvalue weighted by molar-refractivity contribution is 5.24. The zero-order chi connectivity index (χ0) is 15.2. The second kappa shape index (κ2) is 7.44. The predicted molar refractivity (Wildman–Crippen MR) is 82.3 cm³/mol. The summed E-state index contributed by atoms with van der Waals surface area (Å²) in [6.45, 7) is 13.2. The minimum Gasteiger partial charge on any atom is -0.313 e. The molecule has 0 unspecified atom stereocenters. The fraction of sp³-hybridized carbons (Fsp3) is 0.750. The van der Waals surface area contributed by atoms with E-state index in [4.69, 9.17) is 5.26 Å². The zero-order valence-corrected chi connectivity index (χ0v) is 13.6. The Balaban J connectivity index is 2.51. The van der Waals surface area contributed by atoms with Crippen molar-refractivity contribution in [1.29, 1.82) is 5.26 Å². The van der Waals surface area contributed by atoms with Crippen LogP contribution in [0.25, 0.3) is 0 Å². The van der Waals surface area contributed by atoms with Crippen molar-refractivity contribution in [3.63, 3.8) is 0 Å². The minimum absolute atomic E-state index is 0.203. The van der Waals surface area contributed by atoms with Crippen LogP contribution in [0.3, 0.4) is 0 Å². The summed E-state index contributed by atoms with van der Waals surface area (Å²) in [5, 5.41) is 17.0. The summed E-state index contributed by atoms with van der Waals surface area (Å²) in [4.78, 5) is 0. The normalized spacial score (nSPS) is 11.6. The molecule has 1 rings (SSSR count). The van der Waals surface area contributed by atoms with Crippen LogP contribution < -0.4 is 5.32 Å². The third-order valence-electron chi connectivity index (χ3n) is 3.81. The Kier molecular flexibility index (Phi) is 6.22. The van der Waals surface area contributed by atoms with Crippen LogP contribution in [0.2, 0.25) is 0 Å². The summed E-state index contributed by atoms with van der Waals surface area (Å²) in [5.41, 5.74) is 3.51. The van der Waals surface area contributed by atoms with Gasteiger partial charge in [0.2, 0.25) is 0 Å². The SMILES string of the molecule is CCNCc1c(C)nn(CCCCC(C)(C)C#N)c1C. The van der Waals surface area contributed by atoms with Crippen molar-refractivity contribution >= 4 is 0 Å². The van der Waals surface area contributed by atoms with Crippen LogP contribution in [-0.2, 0) is 13.1 Å². The zero-order valence-electron chi connectivity index (χ0n) is 13.6. The highest BCUT2D eigenvalue weighted by Gasteiger charge is 2.16. The molecule has 0 saturated heterocycles. The third-order valence-corrected chi connectivity index (χ3v) is 3.81. The maximum absolute atomic E-state index is 9.00. The van der Waals surface area contributed by atoms with E-state index in [0.717, 1.165) is 44.6 Å². The van der Waals surface area contributed by atoms with Crippen molar-refractivity contribution in [2.45, 2.75) is 67.0 Å². The topological polar surface area (TPSA) is 53.6 Å². The van der Waals surface area contributed by atoms with Crippen LogP contribution >= 0.6 is 0 Å². The lowest BCUT2D eigenvalue weighted by atomic mass is 9.89. The molecule has 1 heterocycles. The van der Waals surface area contributed by atoms with Crippen molar-refractivity contribution in [3.05, 3.63) is 17.0 Å². The molecule has 112 valence electrons. The van der Waals surface area contributed by atoms with Crippen LogP contribution in [0, 0.1) is 30.6 Å². The third kappa shape index (κ3) is 4.64. The molecule has 0 aliphatic heterocycles. The smallest absolute Gasteiger partial charge is 0.0683 e. The number of aryl methyl sites for hydroxylation is 2. The fourth-order valence-corrected chi connectivity index (χ4v) is 2.34. The van der Waals surface area contributed by atoms with Gasteiger partial charge in [-0.15, -0.1) is 0 Å². The summed E-state index contributed by atoms with van der Waals surface area (Å²) >= 11 is 0. The molecule has 0 saturated carbocycles. The maximum atomic E-state index is 9.00. The van der Waals surface area contributed by atoms with Gasteiger partial charge in [0.15, 0.2) is 0 Å². The summed E-state index contributed by atoms with van der Waals surface area (Å²) in [7, 11) is 0. The lowest BCUT2D eigenvalue weighted by Crippen LogP contribution is -2.13. The number of unbranched alkanes of at least 4 members (excludes halogenated alkanes) is 1. The molecule has 1 aromatic rings. The number of nitriles is 1. The van der Waals surface area contributed by atoms with Gasteiger partial charge in [-0.2, -0.15) is 10.4 Å². The van der Waals surface area contributed by atoms with E-state index in [2.05, 4.69) is 41.9 Å². The van der Waals surface area contributed by atoms with E-state index in [1.54, 1.807) is 0 Å². The van der Waals surface area contributed by atoms with Crippen molar-refractivity contribution in [3.8, 4) is 6.07 Å². The van der Waals surface area contributed by atoms with Crippen LogP contribution in [0.5, 0.6) is 0 Å². The van der Waals surface area contributed by atoms with E-state index >= 15 is 0 Å². The number of nitrogens with one attached hydrogen (secondary N) is 1. The van der Waals surface area contributed by atoms with Gasteiger partial charge in [0.1, 0.15) is 0 Å². The van der Waals surface area contributed by atoms with E-state index in [0.29, 0.717) is 0 Å². The number of nitrogens with zero attached hydrogens (tertiary/aromatic N) is 3. The molecule has 0 atom stereocenters. The lowest BCUT2D eigenvalue weighted by Gasteiger charge is -2.14. The summed E-state index contributed by atoms with van der Waals surface area (Å²) in [6, 6.07) is 2.36. The summed E-state index contributed by atoms with van der Waals surface area (Å²) in [6.07, 6.45) is 3.10. The molecule has 1 aromatic heterocycles. The van der Waals surface area contributed by atoms with Gasteiger partial charge in [-0.05, 0) is 47.1 Å². The molecule has 0 bridgehead atoms. The van der Waals surface area contributed by atoms with E-state index in [-0.39, 0.29) is 5.41 Å². The standard InChI is InChI=1S/C16H28N4/c1-6-18-11-15-13(2)19-20(14(15)3)10-8-7-9-16(4,5)12-17/h18H,6-11H2,1-5H3. The van der Waals surface area contributed by atoms with Gasteiger partial charge in [0.25, 0.3) is 0 Å². The van der Waals surface area contributed by atoms with Gasteiger partial charge in [-0.3, -0.25) is 4.68 Å². The first-order valence-corrected chi connectivity index (χ1v) is 7.56. The largest absolute Gasteiger partial charge is 0.313 e. The lowest BCUT2D eigenvalue weighted by molar-refractivity contribution is 0.410.